The first-order chi connectivity index (χ1) is 12.3. The van der Waals surface area contributed by atoms with Crippen molar-refractivity contribution in [2.75, 3.05) is 0 Å². The summed E-state index contributed by atoms with van der Waals surface area (Å²) in [5.41, 5.74) is 1.74. The van der Waals surface area contributed by atoms with Crippen molar-refractivity contribution in [3.8, 4) is 17.0 Å². The average molecular weight is 353 g/mol. The molecule has 0 bridgehead atoms. The molecule has 2 heterocycles. The number of imidazole rings is 1. The number of hydrogen-bond acceptors (Lipinski definition) is 4. The molecule has 136 valence electrons. The molecule has 26 heavy (non-hydrogen) atoms. The second-order valence-corrected chi connectivity index (χ2v) is 7.37. The van der Waals surface area contributed by atoms with Gasteiger partial charge in [0.2, 0.25) is 0 Å². The van der Waals surface area contributed by atoms with Crippen LogP contribution >= 0.6 is 0 Å². The highest BCUT2D eigenvalue weighted by atomic mass is 16.3. The second kappa shape index (κ2) is 7.03. The van der Waals surface area contributed by atoms with Crippen LogP contribution in [0.15, 0.2) is 49.1 Å². The molecule has 7 nitrogen and oxygen atoms in total. The van der Waals surface area contributed by atoms with E-state index in [9.17, 15) is 9.90 Å². The molecule has 0 aliphatic heterocycles. The Bertz CT molecular complexity index is 860. The highest BCUT2D eigenvalue weighted by Crippen LogP contribution is 2.23. The molecule has 7 heteroatoms. The molecule has 0 radical (unpaired) electrons. The fourth-order valence-corrected chi connectivity index (χ4v) is 2.60. The van der Waals surface area contributed by atoms with Gasteiger partial charge in [-0.2, -0.15) is 5.10 Å². The Morgan fingerprint density at radius 3 is 2.65 bits per heavy atom. The van der Waals surface area contributed by atoms with Crippen LogP contribution in [0.25, 0.3) is 11.3 Å². The minimum Gasteiger partial charge on any atom is -0.508 e. The molecule has 0 spiro atoms. The number of phenols is 1. The van der Waals surface area contributed by atoms with Crippen molar-refractivity contribution in [2.24, 2.45) is 5.41 Å². The Balaban J connectivity index is 1.74. The maximum absolute atomic E-state index is 12.7. The fraction of sp³-hybridized carbons (Fsp3) is 0.316. The molecule has 3 aromatic rings. The zero-order chi connectivity index (χ0) is 18.7. The predicted octanol–water partition coefficient (Wildman–Crippen LogP) is 2.82. The number of amides is 1. The minimum absolute atomic E-state index is 0.0791. The quantitative estimate of drug-likeness (QED) is 0.657. The Labute approximate surface area is 152 Å². The first kappa shape index (κ1) is 17.7. The van der Waals surface area contributed by atoms with Crippen LogP contribution in [0.4, 0.5) is 0 Å². The van der Waals surface area contributed by atoms with E-state index in [0.29, 0.717) is 17.9 Å². The van der Waals surface area contributed by atoms with Gasteiger partial charge in [-0.3, -0.25) is 9.89 Å². The predicted molar refractivity (Wildman–Crippen MR) is 98.6 cm³/mol. The summed E-state index contributed by atoms with van der Waals surface area (Å²) in [5, 5.41) is 19.5. The van der Waals surface area contributed by atoms with Crippen molar-refractivity contribution in [1.29, 1.82) is 0 Å². The van der Waals surface area contributed by atoms with Crippen LogP contribution in [0.2, 0.25) is 0 Å². The number of nitrogens with one attached hydrogen (secondary N) is 2. The van der Waals surface area contributed by atoms with E-state index in [1.165, 1.54) is 0 Å². The first-order valence-electron chi connectivity index (χ1n) is 8.44. The molecule has 0 aliphatic carbocycles. The van der Waals surface area contributed by atoms with Gasteiger partial charge >= 0.3 is 0 Å². The largest absolute Gasteiger partial charge is 0.508 e. The van der Waals surface area contributed by atoms with Crippen LogP contribution in [-0.4, -0.2) is 36.8 Å². The normalized spacial score (nSPS) is 12.7. The van der Waals surface area contributed by atoms with Gasteiger partial charge in [0.15, 0.2) is 0 Å². The number of aromatic amines is 1. The van der Waals surface area contributed by atoms with E-state index in [-0.39, 0.29) is 23.1 Å². The zero-order valence-corrected chi connectivity index (χ0v) is 15.1. The monoisotopic (exact) mass is 353 g/mol. The lowest BCUT2D eigenvalue weighted by molar-refractivity contribution is 0.0887. The molecule has 0 aliphatic rings. The van der Waals surface area contributed by atoms with Crippen molar-refractivity contribution in [3.05, 3.63) is 54.7 Å². The van der Waals surface area contributed by atoms with E-state index in [0.717, 1.165) is 5.56 Å². The van der Waals surface area contributed by atoms with Gasteiger partial charge in [0.25, 0.3) is 5.91 Å². The molecule has 1 atom stereocenters. The second-order valence-electron chi connectivity index (χ2n) is 7.37. The van der Waals surface area contributed by atoms with Crippen molar-refractivity contribution >= 4 is 5.91 Å². The number of carbonyl (C=O) groups excluding carboxylic acids is 1. The van der Waals surface area contributed by atoms with Crippen LogP contribution in [0, 0.1) is 5.41 Å². The number of H-pyrrole nitrogens is 1. The first-order valence-corrected chi connectivity index (χ1v) is 8.44. The number of nitrogens with zero attached hydrogens (tertiary/aromatic N) is 3. The van der Waals surface area contributed by atoms with E-state index in [2.05, 4.69) is 41.3 Å². The molecule has 1 aromatic carbocycles. The number of phenolic OH excluding ortho intramolecular Hbond substituents is 1. The SMILES string of the molecule is CC(C)(C)[C@H](Cn1ccnc1)NC(=O)c1cc(-c2ccc(O)cc2)n[nH]1. The third kappa shape index (κ3) is 4.11. The van der Waals surface area contributed by atoms with E-state index >= 15 is 0 Å². The minimum atomic E-state index is -0.206. The van der Waals surface area contributed by atoms with Crippen LogP contribution < -0.4 is 5.32 Å². The Kier molecular flexibility index (Phi) is 4.79. The van der Waals surface area contributed by atoms with Crippen molar-refractivity contribution in [1.82, 2.24) is 25.1 Å². The highest BCUT2D eigenvalue weighted by Gasteiger charge is 2.27. The summed E-state index contributed by atoms with van der Waals surface area (Å²) < 4.78 is 1.95. The third-order valence-electron chi connectivity index (χ3n) is 4.29. The summed E-state index contributed by atoms with van der Waals surface area (Å²) in [4.78, 5) is 16.7. The van der Waals surface area contributed by atoms with E-state index in [1.807, 2.05) is 10.8 Å². The molecule has 2 aromatic heterocycles. The van der Waals surface area contributed by atoms with E-state index in [1.54, 1.807) is 42.9 Å². The number of aromatic hydroxyl groups is 1. The van der Waals surface area contributed by atoms with Gasteiger partial charge in [-0.1, -0.05) is 20.8 Å². The molecular formula is C19H23N5O2. The van der Waals surface area contributed by atoms with Crippen LogP contribution in [0.3, 0.4) is 0 Å². The number of aromatic nitrogens is 4. The number of carbonyl (C=O) groups is 1. The molecule has 1 amide bonds. The number of benzene rings is 1. The summed E-state index contributed by atoms with van der Waals surface area (Å²) in [6, 6.07) is 8.31. The summed E-state index contributed by atoms with van der Waals surface area (Å²) >= 11 is 0. The Morgan fingerprint density at radius 2 is 2.04 bits per heavy atom. The van der Waals surface area contributed by atoms with Crippen LogP contribution in [0.5, 0.6) is 5.75 Å². The fourth-order valence-electron chi connectivity index (χ4n) is 2.60. The summed E-state index contributed by atoms with van der Waals surface area (Å²) in [6.07, 6.45) is 5.34. The van der Waals surface area contributed by atoms with E-state index < -0.39 is 0 Å². The maximum Gasteiger partial charge on any atom is 0.269 e. The van der Waals surface area contributed by atoms with Gasteiger partial charge in [-0.15, -0.1) is 0 Å². The summed E-state index contributed by atoms with van der Waals surface area (Å²) in [6.45, 7) is 6.89. The topological polar surface area (TPSA) is 95.8 Å². The lowest BCUT2D eigenvalue weighted by Crippen LogP contribution is -2.46. The standard InChI is InChI=1S/C19H23N5O2/c1-19(2,3)17(11-24-9-8-20-12-24)21-18(26)16-10-15(22-23-16)13-4-6-14(25)7-5-13/h4-10,12,17,25H,11H2,1-3H3,(H,21,26)(H,22,23)/t17-/m0/s1. The van der Waals surface area contributed by atoms with Gasteiger partial charge in [-0.05, 0) is 35.7 Å². The molecule has 0 unspecified atom stereocenters. The average Bonchev–Trinajstić information content (AvgIpc) is 3.25. The lowest BCUT2D eigenvalue weighted by Gasteiger charge is -2.31. The Hall–Kier alpha value is -3.09. The maximum atomic E-state index is 12.7. The smallest absolute Gasteiger partial charge is 0.269 e. The van der Waals surface area contributed by atoms with Crippen LogP contribution in [-0.2, 0) is 6.54 Å². The van der Waals surface area contributed by atoms with Gasteiger partial charge in [0.05, 0.1) is 18.1 Å². The third-order valence-corrected chi connectivity index (χ3v) is 4.29. The van der Waals surface area contributed by atoms with Gasteiger partial charge < -0.3 is 15.0 Å². The van der Waals surface area contributed by atoms with Crippen LogP contribution in [0.1, 0.15) is 31.3 Å². The lowest BCUT2D eigenvalue weighted by atomic mass is 9.86. The van der Waals surface area contributed by atoms with Gasteiger partial charge in [-0.25, -0.2) is 4.98 Å². The van der Waals surface area contributed by atoms with Crippen molar-refractivity contribution in [2.45, 2.75) is 33.4 Å². The zero-order valence-electron chi connectivity index (χ0n) is 15.1. The van der Waals surface area contributed by atoms with Crippen molar-refractivity contribution in [3.63, 3.8) is 0 Å². The Morgan fingerprint density at radius 1 is 1.31 bits per heavy atom. The highest BCUT2D eigenvalue weighted by molar-refractivity contribution is 5.93. The number of hydrogen-bond donors (Lipinski definition) is 3. The molecule has 3 N–H and O–H groups in total. The number of rotatable bonds is 5. The van der Waals surface area contributed by atoms with Gasteiger partial charge in [0, 0.05) is 24.5 Å². The molecule has 3 rings (SSSR count). The molecular weight excluding hydrogens is 330 g/mol. The van der Waals surface area contributed by atoms with E-state index in [4.69, 9.17) is 0 Å². The van der Waals surface area contributed by atoms with Gasteiger partial charge in [0.1, 0.15) is 11.4 Å². The summed E-state index contributed by atoms with van der Waals surface area (Å²) in [5.74, 6) is -0.0164. The summed E-state index contributed by atoms with van der Waals surface area (Å²) in [7, 11) is 0. The molecule has 0 fully saturated rings. The molecule has 0 saturated carbocycles. The molecule has 0 saturated heterocycles. The van der Waals surface area contributed by atoms with Crippen molar-refractivity contribution < 1.29 is 9.90 Å².